The molecular weight excluding hydrogens is 198 g/mol. The zero-order chi connectivity index (χ0) is 11.0. The van der Waals surface area contributed by atoms with Crippen LogP contribution in [0.5, 0.6) is 0 Å². The molecule has 0 unspecified atom stereocenters. The van der Waals surface area contributed by atoms with Crippen molar-refractivity contribution in [2.45, 2.75) is 25.8 Å². The van der Waals surface area contributed by atoms with E-state index in [-0.39, 0.29) is 0 Å². The van der Waals surface area contributed by atoms with Crippen LogP contribution in [0.2, 0.25) is 0 Å². The van der Waals surface area contributed by atoms with Crippen LogP contribution in [0.4, 0.5) is 5.82 Å². The van der Waals surface area contributed by atoms with Crippen LogP contribution < -0.4 is 10.2 Å². The summed E-state index contributed by atoms with van der Waals surface area (Å²) in [6.07, 6.45) is 4.61. The summed E-state index contributed by atoms with van der Waals surface area (Å²) in [5.41, 5.74) is 1.29. The summed E-state index contributed by atoms with van der Waals surface area (Å²) in [4.78, 5) is 6.96. The number of anilines is 1. The molecule has 3 rings (SSSR count). The molecule has 0 aromatic carbocycles. The highest BCUT2D eigenvalue weighted by molar-refractivity contribution is 5.47. The van der Waals surface area contributed by atoms with Crippen LogP contribution in [-0.2, 0) is 0 Å². The normalized spacial score (nSPS) is 29.2. The van der Waals surface area contributed by atoms with Gasteiger partial charge in [-0.15, -0.1) is 0 Å². The Morgan fingerprint density at radius 3 is 3.19 bits per heavy atom. The Hall–Kier alpha value is -1.09. The van der Waals surface area contributed by atoms with E-state index in [1.54, 1.807) is 0 Å². The lowest BCUT2D eigenvalue weighted by molar-refractivity contribution is 0.340. The highest BCUT2D eigenvalue weighted by Gasteiger charge is 2.34. The summed E-state index contributed by atoms with van der Waals surface area (Å²) in [6.45, 7) is 5.64. The number of fused-ring (bicyclic) bond motifs is 1. The Kier molecular flexibility index (Phi) is 2.56. The topological polar surface area (TPSA) is 28.2 Å². The molecule has 0 bridgehead atoms. The van der Waals surface area contributed by atoms with Crippen LogP contribution in [0.3, 0.4) is 0 Å². The third-order valence-electron chi connectivity index (χ3n) is 3.88. The Morgan fingerprint density at radius 1 is 1.44 bits per heavy atom. The number of hydrogen-bond donors (Lipinski definition) is 1. The van der Waals surface area contributed by atoms with Gasteiger partial charge >= 0.3 is 0 Å². The van der Waals surface area contributed by atoms with Crippen molar-refractivity contribution < 1.29 is 0 Å². The third-order valence-corrected chi connectivity index (χ3v) is 3.88. The molecular formula is C13H19N3. The SMILES string of the molecule is Cc1cccnc1N1C[C@@H]2CCCN[C@@H]2C1. The monoisotopic (exact) mass is 217 g/mol. The molecule has 16 heavy (non-hydrogen) atoms. The first kappa shape index (κ1) is 10.1. The number of rotatable bonds is 1. The van der Waals surface area contributed by atoms with Gasteiger partial charge in [-0.3, -0.25) is 0 Å². The highest BCUT2D eigenvalue weighted by Crippen LogP contribution is 2.29. The summed E-state index contributed by atoms with van der Waals surface area (Å²) in [5.74, 6) is 2.01. The molecule has 3 heterocycles. The number of nitrogens with zero attached hydrogens (tertiary/aromatic N) is 2. The Balaban J connectivity index is 1.80. The molecule has 86 valence electrons. The van der Waals surface area contributed by atoms with Crippen molar-refractivity contribution in [2.75, 3.05) is 24.5 Å². The van der Waals surface area contributed by atoms with E-state index >= 15 is 0 Å². The standard InChI is InChI=1S/C13H19N3/c1-10-4-2-7-15-13(10)16-8-11-5-3-6-14-12(11)9-16/h2,4,7,11-12,14H,3,5-6,8-9H2,1H3/t11-,12+/m0/s1. The lowest BCUT2D eigenvalue weighted by Gasteiger charge is -2.24. The van der Waals surface area contributed by atoms with Crippen LogP contribution in [0.1, 0.15) is 18.4 Å². The molecule has 2 saturated heterocycles. The second-order valence-corrected chi connectivity index (χ2v) is 5.01. The lowest BCUT2D eigenvalue weighted by Crippen LogP contribution is -2.40. The van der Waals surface area contributed by atoms with Gasteiger partial charge in [-0.25, -0.2) is 4.98 Å². The number of pyridine rings is 1. The van der Waals surface area contributed by atoms with E-state index in [2.05, 4.69) is 28.2 Å². The van der Waals surface area contributed by atoms with Gasteiger partial charge in [0, 0.05) is 25.3 Å². The largest absolute Gasteiger partial charge is 0.354 e. The van der Waals surface area contributed by atoms with Gasteiger partial charge in [0.2, 0.25) is 0 Å². The van der Waals surface area contributed by atoms with Gasteiger partial charge in [0.1, 0.15) is 5.82 Å². The number of aromatic nitrogens is 1. The van der Waals surface area contributed by atoms with E-state index < -0.39 is 0 Å². The van der Waals surface area contributed by atoms with Gasteiger partial charge in [-0.2, -0.15) is 0 Å². The molecule has 0 aliphatic carbocycles. The van der Waals surface area contributed by atoms with Gasteiger partial charge in [0.15, 0.2) is 0 Å². The molecule has 3 heteroatoms. The van der Waals surface area contributed by atoms with Gasteiger partial charge in [-0.1, -0.05) is 6.07 Å². The molecule has 0 radical (unpaired) electrons. The zero-order valence-corrected chi connectivity index (χ0v) is 9.82. The number of nitrogens with one attached hydrogen (secondary N) is 1. The summed E-state index contributed by atoms with van der Waals surface area (Å²) < 4.78 is 0. The van der Waals surface area contributed by atoms with E-state index in [0.717, 1.165) is 12.5 Å². The van der Waals surface area contributed by atoms with Crippen molar-refractivity contribution in [3.63, 3.8) is 0 Å². The van der Waals surface area contributed by atoms with Crippen LogP contribution in [0.25, 0.3) is 0 Å². The highest BCUT2D eigenvalue weighted by atomic mass is 15.2. The molecule has 2 aliphatic heterocycles. The maximum absolute atomic E-state index is 4.52. The van der Waals surface area contributed by atoms with E-state index in [4.69, 9.17) is 0 Å². The minimum absolute atomic E-state index is 0.690. The fourth-order valence-electron chi connectivity index (χ4n) is 3.03. The second kappa shape index (κ2) is 4.06. The quantitative estimate of drug-likeness (QED) is 0.774. The lowest BCUT2D eigenvalue weighted by atomic mass is 9.94. The molecule has 1 N–H and O–H groups in total. The number of piperidine rings is 1. The molecule has 0 spiro atoms. The third kappa shape index (κ3) is 1.69. The maximum Gasteiger partial charge on any atom is 0.131 e. The Morgan fingerprint density at radius 2 is 2.38 bits per heavy atom. The van der Waals surface area contributed by atoms with Crippen LogP contribution in [-0.4, -0.2) is 30.7 Å². The second-order valence-electron chi connectivity index (χ2n) is 5.01. The minimum atomic E-state index is 0.690. The molecule has 1 aromatic rings. The smallest absolute Gasteiger partial charge is 0.131 e. The van der Waals surface area contributed by atoms with Crippen molar-refractivity contribution in [1.29, 1.82) is 0 Å². The molecule has 0 saturated carbocycles. The van der Waals surface area contributed by atoms with E-state index in [1.807, 2.05) is 12.3 Å². The maximum atomic E-state index is 4.52. The first-order valence-corrected chi connectivity index (χ1v) is 6.24. The van der Waals surface area contributed by atoms with E-state index in [0.29, 0.717) is 6.04 Å². The van der Waals surface area contributed by atoms with Gasteiger partial charge in [-0.05, 0) is 43.9 Å². The molecule has 1 aromatic heterocycles. The van der Waals surface area contributed by atoms with E-state index in [1.165, 1.54) is 37.3 Å². The Bertz CT molecular complexity index is 363. The summed E-state index contributed by atoms with van der Waals surface area (Å²) in [6, 6.07) is 4.85. The Labute approximate surface area is 96.9 Å². The molecule has 2 fully saturated rings. The fourth-order valence-corrected chi connectivity index (χ4v) is 3.03. The average Bonchev–Trinajstić information content (AvgIpc) is 2.73. The summed E-state index contributed by atoms with van der Waals surface area (Å²) in [7, 11) is 0. The van der Waals surface area contributed by atoms with E-state index in [9.17, 15) is 0 Å². The average molecular weight is 217 g/mol. The minimum Gasteiger partial charge on any atom is -0.354 e. The predicted molar refractivity (Wildman–Crippen MR) is 65.7 cm³/mol. The van der Waals surface area contributed by atoms with Crippen molar-refractivity contribution in [2.24, 2.45) is 5.92 Å². The molecule has 2 aliphatic rings. The fraction of sp³-hybridized carbons (Fsp3) is 0.615. The number of hydrogen-bond acceptors (Lipinski definition) is 3. The molecule has 3 nitrogen and oxygen atoms in total. The van der Waals surface area contributed by atoms with Crippen LogP contribution >= 0.6 is 0 Å². The van der Waals surface area contributed by atoms with Crippen molar-refractivity contribution in [1.82, 2.24) is 10.3 Å². The zero-order valence-electron chi connectivity index (χ0n) is 9.82. The van der Waals surface area contributed by atoms with Crippen molar-refractivity contribution >= 4 is 5.82 Å². The molecule has 2 atom stereocenters. The van der Waals surface area contributed by atoms with Gasteiger partial charge in [0.25, 0.3) is 0 Å². The summed E-state index contributed by atoms with van der Waals surface area (Å²) >= 11 is 0. The van der Waals surface area contributed by atoms with Crippen LogP contribution in [0, 0.1) is 12.8 Å². The van der Waals surface area contributed by atoms with Crippen molar-refractivity contribution in [3.05, 3.63) is 23.9 Å². The number of aryl methyl sites for hydroxylation is 1. The van der Waals surface area contributed by atoms with Crippen molar-refractivity contribution in [3.8, 4) is 0 Å². The molecule has 0 amide bonds. The van der Waals surface area contributed by atoms with Gasteiger partial charge in [0.05, 0.1) is 0 Å². The first-order chi connectivity index (χ1) is 7.84. The van der Waals surface area contributed by atoms with Crippen LogP contribution in [0.15, 0.2) is 18.3 Å². The van der Waals surface area contributed by atoms with Gasteiger partial charge < -0.3 is 10.2 Å². The first-order valence-electron chi connectivity index (χ1n) is 6.24. The predicted octanol–water partition coefficient (Wildman–Crippen LogP) is 1.58. The summed E-state index contributed by atoms with van der Waals surface area (Å²) in [5, 5.41) is 3.63.